The van der Waals surface area contributed by atoms with Crippen molar-refractivity contribution in [2.24, 2.45) is 0 Å². The van der Waals surface area contributed by atoms with Gasteiger partial charge in [0.1, 0.15) is 0 Å². The molecule has 1 aromatic heterocycles. The van der Waals surface area contributed by atoms with Crippen LogP contribution in [0.15, 0.2) is 24.4 Å². The summed E-state index contributed by atoms with van der Waals surface area (Å²) in [5.41, 5.74) is 1.45. The summed E-state index contributed by atoms with van der Waals surface area (Å²) in [6, 6.07) is 5.12. The van der Waals surface area contributed by atoms with E-state index in [9.17, 15) is 9.90 Å². The Bertz CT molecular complexity index is 933. The topological polar surface area (TPSA) is 102 Å². The van der Waals surface area contributed by atoms with E-state index in [1.807, 2.05) is 4.96 Å². The van der Waals surface area contributed by atoms with Crippen LogP contribution in [0.5, 0.6) is 5.75 Å². The second-order valence-electron chi connectivity index (χ2n) is 7.40. The van der Waals surface area contributed by atoms with Gasteiger partial charge in [0.05, 0.1) is 0 Å². The summed E-state index contributed by atoms with van der Waals surface area (Å²) in [5.74, 6) is 0.541. The molecular weight excluding hydrogens is 441 g/mol. The fourth-order valence-corrected chi connectivity index (χ4v) is 4.35. The number of carboxylic acid groups (broad SMARTS) is 1. The number of anilines is 3. The molecule has 0 unspecified atom stereocenters. The molecule has 31 heavy (non-hydrogen) atoms. The van der Waals surface area contributed by atoms with E-state index in [-0.39, 0.29) is 11.6 Å². The number of carboxylic acids is 1. The van der Waals surface area contributed by atoms with E-state index in [1.165, 1.54) is 32.1 Å². The van der Waals surface area contributed by atoms with Crippen LogP contribution >= 0.6 is 0 Å². The summed E-state index contributed by atoms with van der Waals surface area (Å²) >= 11 is 4.53. The first-order valence-corrected chi connectivity index (χ1v) is 11.0. The van der Waals surface area contributed by atoms with Crippen LogP contribution in [0.25, 0.3) is 5.32 Å². The van der Waals surface area contributed by atoms with Crippen molar-refractivity contribution in [1.29, 1.82) is 0 Å². The third-order valence-electron chi connectivity index (χ3n) is 5.55. The predicted molar refractivity (Wildman–Crippen MR) is 119 cm³/mol. The quantitative estimate of drug-likeness (QED) is 0.531. The van der Waals surface area contributed by atoms with Crippen LogP contribution in [-0.2, 0) is 15.3 Å². The molecule has 1 aromatic carbocycles. The van der Waals surface area contributed by atoms with Gasteiger partial charge in [-0.15, -0.1) is 0 Å². The van der Waals surface area contributed by atoms with E-state index in [4.69, 9.17) is 9.72 Å². The number of benzene rings is 1. The Labute approximate surface area is 190 Å². The van der Waals surface area contributed by atoms with Crippen LogP contribution < -0.4 is 15.0 Å². The van der Waals surface area contributed by atoms with E-state index in [0.29, 0.717) is 23.4 Å². The summed E-state index contributed by atoms with van der Waals surface area (Å²) in [5, 5.41) is 16.8. The molecule has 0 saturated heterocycles. The third-order valence-corrected chi connectivity index (χ3v) is 5.95. The van der Waals surface area contributed by atoms with Crippen LogP contribution in [0.4, 0.5) is 23.1 Å². The number of hydrogen-bond acceptors (Lipinski definition) is 6. The van der Waals surface area contributed by atoms with E-state index >= 15 is 0 Å². The molecule has 169 valence electrons. The number of hydrogen-bond donors (Lipinski definition) is 2. The van der Waals surface area contributed by atoms with Gasteiger partial charge in [0.25, 0.3) is 0 Å². The molecule has 0 spiro atoms. The Balaban J connectivity index is 2.00. The molecule has 1 heterocycles. The van der Waals surface area contributed by atoms with E-state index in [2.05, 4.69) is 42.7 Å². The van der Waals surface area contributed by atoms with Crippen molar-refractivity contribution in [3.63, 3.8) is 0 Å². The molecule has 0 radical (unpaired) electrons. The molecule has 1 atom stereocenters. The summed E-state index contributed by atoms with van der Waals surface area (Å²) in [7, 11) is 3.23. The Morgan fingerprint density at radius 2 is 2.19 bits per heavy atom. The van der Waals surface area contributed by atoms with Gasteiger partial charge >= 0.3 is 181 Å². The molecular formula is C22H28CoN5O3-. The number of carbonyl (C=O) groups is 1. The SMILES string of the molecule is CC[C@H]([CH]=[Co])N(c1nc(Nc2ccc(C(=O)O)cc2OC)ncc1[N-]C)C1CCCC1. The monoisotopic (exact) mass is 469 g/mol. The maximum absolute atomic E-state index is 11.2. The van der Waals surface area contributed by atoms with Crippen molar-refractivity contribution in [2.75, 3.05) is 24.4 Å². The zero-order valence-electron chi connectivity index (χ0n) is 18.0. The normalized spacial score (nSPS) is 14.7. The van der Waals surface area contributed by atoms with Crippen molar-refractivity contribution in [1.82, 2.24) is 9.97 Å². The molecule has 0 amide bonds. The molecule has 1 fully saturated rings. The minimum absolute atomic E-state index is 0.121. The number of methoxy groups -OCH3 is 1. The fraction of sp³-hybridized carbons (Fsp3) is 0.455. The summed E-state index contributed by atoms with van der Waals surface area (Å²) in [6.45, 7) is 2.14. The van der Waals surface area contributed by atoms with Crippen LogP contribution in [0.3, 0.4) is 0 Å². The molecule has 1 aliphatic rings. The van der Waals surface area contributed by atoms with Crippen molar-refractivity contribution < 1.29 is 29.9 Å². The molecule has 1 saturated carbocycles. The molecule has 0 bridgehead atoms. The second kappa shape index (κ2) is 10.6. The number of rotatable bonds is 10. The third kappa shape index (κ3) is 5.16. The standard InChI is InChI=1S/C22H28N5O3.Co/c1-5-14(2)27(16-8-6-7-9-16)20-18(23-3)13-24-22(26-20)25-17-11-10-15(21(28)29)12-19(17)30-4;/h2,10-14,16H,5-9H2,1,3-4H3,(H,28,29)(H,24,25,26);/q-1;/t14-;/m0./s1. The van der Waals surface area contributed by atoms with E-state index in [1.54, 1.807) is 19.3 Å². The average molecular weight is 469 g/mol. The zero-order chi connectivity index (χ0) is 22.4. The Hall–Kier alpha value is -2.65. The van der Waals surface area contributed by atoms with Crippen LogP contribution in [-0.4, -0.2) is 52.2 Å². The number of aromatic nitrogens is 2. The molecule has 2 N–H and O–H groups in total. The average Bonchev–Trinajstić information content (AvgIpc) is 3.31. The van der Waals surface area contributed by atoms with Gasteiger partial charge in [0, 0.05) is 0 Å². The van der Waals surface area contributed by atoms with Crippen LogP contribution in [0.2, 0.25) is 0 Å². The minimum atomic E-state index is -1.02. The number of aromatic carboxylic acids is 1. The summed E-state index contributed by atoms with van der Waals surface area (Å²) in [6.07, 6.45) is 7.22. The number of ether oxygens (including phenoxy) is 1. The van der Waals surface area contributed by atoms with E-state index < -0.39 is 5.97 Å². The van der Waals surface area contributed by atoms with Crippen molar-refractivity contribution in [3.05, 3.63) is 35.3 Å². The first kappa shape index (κ1) is 23.0. The molecule has 8 nitrogen and oxygen atoms in total. The molecule has 2 aromatic rings. The Kier molecular flexibility index (Phi) is 7.86. The van der Waals surface area contributed by atoms with Crippen molar-refractivity contribution in [3.8, 4) is 5.75 Å². The predicted octanol–water partition coefficient (Wildman–Crippen LogP) is 4.44. The van der Waals surface area contributed by atoms with Gasteiger partial charge < -0.3 is 5.11 Å². The van der Waals surface area contributed by atoms with Crippen LogP contribution in [0.1, 0.15) is 49.4 Å². The maximum atomic E-state index is 11.2. The first-order valence-electron chi connectivity index (χ1n) is 10.4. The van der Waals surface area contributed by atoms with Gasteiger partial charge in [0.15, 0.2) is 0 Å². The van der Waals surface area contributed by atoms with E-state index in [0.717, 1.165) is 30.8 Å². The van der Waals surface area contributed by atoms with Gasteiger partial charge in [-0.25, -0.2) is 4.79 Å². The van der Waals surface area contributed by atoms with Crippen molar-refractivity contribution in [2.45, 2.75) is 51.1 Å². The van der Waals surface area contributed by atoms with Gasteiger partial charge in [-0.05, 0) is 0 Å². The van der Waals surface area contributed by atoms with Gasteiger partial charge in [-0.2, -0.15) is 0 Å². The second-order valence-corrected chi connectivity index (χ2v) is 7.75. The molecule has 9 heteroatoms. The Morgan fingerprint density at radius 1 is 1.45 bits per heavy atom. The molecule has 1 aliphatic carbocycles. The van der Waals surface area contributed by atoms with Gasteiger partial charge in [-0.3, -0.25) is 0 Å². The summed E-state index contributed by atoms with van der Waals surface area (Å²) in [4.78, 5) is 24.7. The Morgan fingerprint density at radius 3 is 2.77 bits per heavy atom. The molecule has 0 aliphatic heterocycles. The molecule has 3 rings (SSSR count). The number of nitrogens with one attached hydrogen (secondary N) is 1. The fourth-order valence-electron chi connectivity index (χ4n) is 3.93. The van der Waals surface area contributed by atoms with Crippen molar-refractivity contribution >= 4 is 34.1 Å². The first-order chi connectivity index (χ1) is 15.0. The number of nitrogens with zero attached hydrogens (tertiary/aromatic N) is 4. The van der Waals surface area contributed by atoms with Gasteiger partial charge in [0.2, 0.25) is 0 Å². The van der Waals surface area contributed by atoms with Crippen LogP contribution in [0, 0.1) is 0 Å². The zero-order valence-corrected chi connectivity index (χ0v) is 19.0. The summed E-state index contributed by atoms with van der Waals surface area (Å²) < 4.78 is 5.36. The van der Waals surface area contributed by atoms with Gasteiger partial charge in [-0.1, -0.05) is 0 Å².